The maximum atomic E-state index is 13.5. The molecule has 0 saturated carbocycles. The van der Waals surface area contributed by atoms with Gasteiger partial charge in [0.1, 0.15) is 11.6 Å². The second kappa shape index (κ2) is 8.36. The lowest BCUT2D eigenvalue weighted by Gasteiger charge is -2.26. The Morgan fingerprint density at radius 3 is 2.91 bits per heavy atom. The molecule has 1 amide bonds. The summed E-state index contributed by atoms with van der Waals surface area (Å²) in [5.41, 5.74) is 0.109. The number of carbonyl (C=O) groups is 1. The van der Waals surface area contributed by atoms with Gasteiger partial charge in [-0.05, 0) is 49.4 Å². The predicted molar refractivity (Wildman–Crippen MR) is 81.9 cm³/mol. The van der Waals surface area contributed by atoms with Crippen molar-refractivity contribution in [3.8, 4) is 0 Å². The highest BCUT2D eigenvalue weighted by Gasteiger charge is 2.34. The van der Waals surface area contributed by atoms with Gasteiger partial charge in [0, 0.05) is 31.6 Å². The zero-order chi connectivity index (χ0) is 16.7. The van der Waals surface area contributed by atoms with Crippen LogP contribution in [-0.2, 0) is 16.0 Å². The number of carbonyl (C=O) groups excluding carboxylic acids is 1. The van der Waals surface area contributed by atoms with Crippen LogP contribution in [0.4, 0.5) is 8.78 Å². The van der Waals surface area contributed by atoms with Gasteiger partial charge >= 0.3 is 0 Å². The smallest absolute Gasteiger partial charge is 0.220 e. The Bertz CT molecular complexity index is 531. The van der Waals surface area contributed by atoms with Gasteiger partial charge in [-0.3, -0.25) is 4.79 Å². The van der Waals surface area contributed by atoms with Crippen molar-refractivity contribution in [3.05, 3.63) is 35.4 Å². The highest BCUT2D eigenvalue weighted by atomic mass is 19.1. The first-order chi connectivity index (χ1) is 11.0. The van der Waals surface area contributed by atoms with Gasteiger partial charge in [-0.15, -0.1) is 0 Å². The van der Waals surface area contributed by atoms with Crippen LogP contribution in [0.5, 0.6) is 0 Å². The molecule has 4 nitrogen and oxygen atoms in total. The molecule has 0 spiro atoms. The Labute approximate surface area is 134 Å². The molecule has 0 aliphatic carbocycles. The topological polar surface area (TPSA) is 58.6 Å². The van der Waals surface area contributed by atoms with E-state index in [9.17, 15) is 13.6 Å². The number of halogens is 2. The van der Waals surface area contributed by atoms with Crippen LogP contribution >= 0.6 is 0 Å². The quantitative estimate of drug-likeness (QED) is 0.769. The Balaban J connectivity index is 1.73. The maximum absolute atomic E-state index is 13.5. The van der Waals surface area contributed by atoms with Crippen molar-refractivity contribution in [1.29, 1.82) is 0 Å². The Hall–Kier alpha value is -1.53. The summed E-state index contributed by atoms with van der Waals surface area (Å²) in [4.78, 5) is 11.9. The molecular formula is C17H23F2NO3. The molecule has 23 heavy (non-hydrogen) atoms. The standard InChI is InChI=1S/C17H23F2NO3/c18-14-4-5-15(19)13(10-14)2-1-3-16(22)20-11-17(6-8-21)7-9-23-12-17/h4-5,10,21H,1-3,6-9,11-12H2,(H,20,22). The van der Waals surface area contributed by atoms with Crippen molar-refractivity contribution in [2.75, 3.05) is 26.4 Å². The summed E-state index contributed by atoms with van der Waals surface area (Å²) in [7, 11) is 0. The highest BCUT2D eigenvalue weighted by Crippen LogP contribution is 2.31. The van der Waals surface area contributed by atoms with Crippen LogP contribution in [0.2, 0.25) is 0 Å². The molecule has 1 aliphatic heterocycles. The third-order valence-electron chi connectivity index (χ3n) is 4.35. The second-order valence-electron chi connectivity index (χ2n) is 6.14. The van der Waals surface area contributed by atoms with Crippen LogP contribution in [0.3, 0.4) is 0 Å². The number of aliphatic hydroxyl groups excluding tert-OH is 1. The van der Waals surface area contributed by atoms with Gasteiger partial charge in [0.05, 0.1) is 6.61 Å². The molecule has 6 heteroatoms. The van der Waals surface area contributed by atoms with E-state index in [4.69, 9.17) is 9.84 Å². The largest absolute Gasteiger partial charge is 0.396 e. The molecule has 0 aromatic heterocycles. The van der Waals surface area contributed by atoms with E-state index >= 15 is 0 Å². The van der Waals surface area contributed by atoms with Gasteiger partial charge < -0.3 is 15.2 Å². The number of nitrogens with one attached hydrogen (secondary N) is 1. The average molecular weight is 327 g/mol. The summed E-state index contributed by atoms with van der Waals surface area (Å²) in [5.74, 6) is -1.04. The van der Waals surface area contributed by atoms with E-state index in [0.717, 1.165) is 18.6 Å². The Morgan fingerprint density at radius 2 is 2.22 bits per heavy atom. The minimum atomic E-state index is -0.474. The monoisotopic (exact) mass is 327 g/mol. The zero-order valence-electron chi connectivity index (χ0n) is 13.1. The molecule has 1 atom stereocenters. The molecule has 1 unspecified atom stereocenters. The summed E-state index contributed by atoms with van der Waals surface area (Å²) in [6.45, 7) is 1.73. The number of rotatable bonds is 8. The summed E-state index contributed by atoms with van der Waals surface area (Å²) >= 11 is 0. The number of hydrogen-bond donors (Lipinski definition) is 2. The molecule has 0 bridgehead atoms. The molecule has 1 fully saturated rings. The first kappa shape index (κ1) is 17.8. The average Bonchev–Trinajstić information content (AvgIpc) is 2.98. The molecule has 1 heterocycles. The Morgan fingerprint density at radius 1 is 1.39 bits per heavy atom. The van der Waals surface area contributed by atoms with E-state index in [2.05, 4.69) is 5.32 Å². The molecule has 1 saturated heterocycles. The molecule has 2 N–H and O–H groups in total. The van der Waals surface area contributed by atoms with Crippen LogP contribution in [0.15, 0.2) is 18.2 Å². The molecule has 2 rings (SSSR count). The summed E-state index contributed by atoms with van der Waals surface area (Å²) in [5, 5.41) is 12.0. The summed E-state index contributed by atoms with van der Waals surface area (Å²) in [6.07, 6.45) is 2.45. The fourth-order valence-electron chi connectivity index (χ4n) is 2.86. The van der Waals surface area contributed by atoms with Crippen LogP contribution < -0.4 is 5.32 Å². The van der Waals surface area contributed by atoms with Gasteiger partial charge in [-0.1, -0.05) is 0 Å². The lowest BCUT2D eigenvalue weighted by atomic mass is 9.84. The zero-order valence-corrected chi connectivity index (χ0v) is 13.1. The van der Waals surface area contributed by atoms with E-state index in [-0.39, 0.29) is 24.3 Å². The van der Waals surface area contributed by atoms with Crippen LogP contribution in [0.25, 0.3) is 0 Å². The van der Waals surface area contributed by atoms with Crippen molar-refractivity contribution < 1.29 is 23.4 Å². The highest BCUT2D eigenvalue weighted by molar-refractivity contribution is 5.75. The van der Waals surface area contributed by atoms with Crippen molar-refractivity contribution in [2.24, 2.45) is 5.41 Å². The lowest BCUT2D eigenvalue weighted by molar-refractivity contribution is -0.121. The number of ether oxygens (including phenoxy) is 1. The summed E-state index contributed by atoms with van der Waals surface area (Å²) in [6, 6.07) is 3.35. The second-order valence-corrected chi connectivity index (χ2v) is 6.14. The maximum Gasteiger partial charge on any atom is 0.220 e. The minimum absolute atomic E-state index is 0.0675. The van der Waals surface area contributed by atoms with Crippen molar-refractivity contribution in [3.63, 3.8) is 0 Å². The normalized spacial score (nSPS) is 20.7. The number of hydrogen-bond acceptors (Lipinski definition) is 3. The van der Waals surface area contributed by atoms with E-state index < -0.39 is 11.6 Å². The third kappa shape index (κ3) is 5.25. The number of benzene rings is 1. The van der Waals surface area contributed by atoms with Gasteiger partial charge in [-0.25, -0.2) is 8.78 Å². The summed E-state index contributed by atoms with van der Waals surface area (Å²) < 4.78 is 31.9. The first-order valence-electron chi connectivity index (χ1n) is 7.94. The molecular weight excluding hydrogens is 304 g/mol. The van der Waals surface area contributed by atoms with Crippen molar-refractivity contribution >= 4 is 5.91 Å². The van der Waals surface area contributed by atoms with Gasteiger partial charge in [0.2, 0.25) is 5.91 Å². The van der Waals surface area contributed by atoms with Gasteiger partial charge in [0.25, 0.3) is 0 Å². The third-order valence-corrected chi connectivity index (χ3v) is 4.35. The molecule has 0 radical (unpaired) electrons. The number of amides is 1. The predicted octanol–water partition coefficient (Wildman–Crippen LogP) is 2.19. The number of aryl methyl sites for hydroxylation is 1. The minimum Gasteiger partial charge on any atom is -0.396 e. The lowest BCUT2D eigenvalue weighted by Crippen LogP contribution is -2.38. The van der Waals surface area contributed by atoms with E-state index in [1.54, 1.807) is 0 Å². The fraction of sp³-hybridized carbons (Fsp3) is 0.588. The molecule has 128 valence electrons. The molecule has 1 aromatic carbocycles. The van der Waals surface area contributed by atoms with Gasteiger partial charge in [-0.2, -0.15) is 0 Å². The fourth-order valence-corrected chi connectivity index (χ4v) is 2.86. The van der Waals surface area contributed by atoms with Crippen LogP contribution in [0.1, 0.15) is 31.2 Å². The molecule has 1 aromatic rings. The molecule has 1 aliphatic rings. The van der Waals surface area contributed by atoms with Crippen LogP contribution in [-0.4, -0.2) is 37.4 Å². The van der Waals surface area contributed by atoms with Crippen molar-refractivity contribution in [2.45, 2.75) is 32.1 Å². The van der Waals surface area contributed by atoms with E-state index in [0.29, 0.717) is 44.6 Å². The van der Waals surface area contributed by atoms with E-state index in [1.807, 2.05) is 0 Å². The van der Waals surface area contributed by atoms with Crippen LogP contribution in [0, 0.1) is 17.0 Å². The Kier molecular flexibility index (Phi) is 6.47. The first-order valence-corrected chi connectivity index (χ1v) is 7.94. The van der Waals surface area contributed by atoms with Crippen molar-refractivity contribution in [1.82, 2.24) is 5.32 Å². The van der Waals surface area contributed by atoms with E-state index in [1.165, 1.54) is 6.07 Å². The van der Waals surface area contributed by atoms with Gasteiger partial charge in [0.15, 0.2) is 0 Å². The number of aliphatic hydroxyl groups is 1. The SMILES string of the molecule is O=C(CCCc1cc(F)ccc1F)NCC1(CCO)CCOC1.